The highest BCUT2D eigenvalue weighted by Gasteiger charge is 2.30. The average Bonchev–Trinajstić information content (AvgIpc) is 2.37. The van der Waals surface area contributed by atoms with Gasteiger partial charge in [0.1, 0.15) is 0 Å². The minimum atomic E-state index is -4.28. The number of non-ortho nitro benzene ring substituents is 1. The van der Waals surface area contributed by atoms with Crippen LogP contribution in [0.25, 0.3) is 0 Å². The Morgan fingerprint density at radius 1 is 1.43 bits per heavy atom. The van der Waals surface area contributed by atoms with E-state index in [1.165, 1.54) is 13.0 Å². The van der Waals surface area contributed by atoms with E-state index >= 15 is 0 Å². The van der Waals surface area contributed by atoms with Crippen molar-refractivity contribution in [2.24, 2.45) is 5.73 Å². The zero-order valence-corrected chi connectivity index (χ0v) is 12.5. The Hall–Kier alpha value is -1.36. The number of rotatable bonds is 6. The van der Waals surface area contributed by atoms with Crippen molar-refractivity contribution in [2.45, 2.75) is 17.7 Å². The Morgan fingerprint density at radius 2 is 2.00 bits per heavy atom. The van der Waals surface area contributed by atoms with Crippen molar-refractivity contribution in [2.75, 3.05) is 13.1 Å². The normalized spacial score (nSPS) is 11.8. The summed E-state index contributed by atoms with van der Waals surface area (Å²) in [7, 11) is -4.28. The van der Waals surface area contributed by atoms with Crippen molar-refractivity contribution in [1.29, 1.82) is 0 Å². The molecule has 0 fully saturated rings. The highest BCUT2D eigenvalue weighted by molar-refractivity contribution is 7.89. The Morgan fingerprint density at radius 3 is 2.48 bits per heavy atom. The van der Waals surface area contributed by atoms with Crippen molar-refractivity contribution >= 4 is 28.1 Å². The van der Waals surface area contributed by atoms with Crippen LogP contribution in [0.5, 0.6) is 0 Å². The number of aryl methyl sites for hydroxylation is 1. The molecule has 0 aliphatic rings. The molecule has 0 atom stereocenters. The van der Waals surface area contributed by atoms with Gasteiger partial charge in [0.05, 0.1) is 22.9 Å². The predicted octanol–water partition coefficient (Wildman–Crippen LogP) is 1.20. The first-order valence-corrected chi connectivity index (χ1v) is 6.90. The van der Waals surface area contributed by atoms with E-state index in [1.807, 2.05) is 0 Å². The summed E-state index contributed by atoms with van der Waals surface area (Å²) in [6, 6.07) is 3.18. The van der Waals surface area contributed by atoms with Crippen LogP contribution < -0.4 is 10.5 Å². The minimum Gasteiger partial charge on any atom is -0.325 e. The Labute approximate surface area is 126 Å². The molecule has 0 amide bonds. The van der Waals surface area contributed by atoms with E-state index in [-0.39, 0.29) is 18.0 Å². The van der Waals surface area contributed by atoms with Gasteiger partial charge in [-0.15, -0.1) is 12.4 Å². The van der Waals surface area contributed by atoms with Crippen molar-refractivity contribution in [1.82, 2.24) is 4.72 Å². The van der Waals surface area contributed by atoms with Gasteiger partial charge >= 0.3 is 0 Å². The second kappa shape index (κ2) is 7.07. The Kier molecular flexibility index (Phi) is 6.61. The van der Waals surface area contributed by atoms with Crippen LogP contribution in [0.15, 0.2) is 23.1 Å². The monoisotopic (exact) mass is 345 g/mol. The quantitative estimate of drug-likeness (QED) is 0.593. The van der Waals surface area contributed by atoms with Gasteiger partial charge < -0.3 is 5.73 Å². The third-order valence-corrected chi connectivity index (χ3v) is 4.03. The maximum absolute atomic E-state index is 12.9. The number of hydrogen-bond donors (Lipinski definition) is 2. The van der Waals surface area contributed by atoms with Crippen LogP contribution in [0.1, 0.15) is 5.56 Å². The van der Waals surface area contributed by atoms with E-state index < -0.39 is 44.5 Å². The van der Waals surface area contributed by atoms with Crippen LogP contribution >= 0.6 is 12.4 Å². The molecule has 21 heavy (non-hydrogen) atoms. The molecule has 0 unspecified atom stereocenters. The lowest BCUT2D eigenvalue weighted by molar-refractivity contribution is -0.385. The maximum Gasteiger partial charge on any atom is 0.273 e. The first-order chi connectivity index (χ1) is 9.09. The highest BCUT2D eigenvalue weighted by atomic mass is 35.5. The smallest absolute Gasteiger partial charge is 0.273 e. The lowest BCUT2D eigenvalue weighted by Gasteiger charge is -2.15. The topological polar surface area (TPSA) is 115 Å². The summed E-state index contributed by atoms with van der Waals surface area (Å²) in [5.74, 6) is -3.39. The van der Waals surface area contributed by atoms with Crippen LogP contribution in [-0.2, 0) is 10.0 Å². The van der Waals surface area contributed by atoms with Gasteiger partial charge in [-0.3, -0.25) is 10.1 Å². The van der Waals surface area contributed by atoms with Gasteiger partial charge in [-0.25, -0.2) is 21.9 Å². The molecule has 0 spiro atoms. The van der Waals surface area contributed by atoms with E-state index in [9.17, 15) is 27.3 Å². The van der Waals surface area contributed by atoms with Gasteiger partial charge in [-0.2, -0.15) is 0 Å². The van der Waals surface area contributed by atoms with Crippen molar-refractivity contribution in [3.05, 3.63) is 33.9 Å². The summed E-state index contributed by atoms with van der Waals surface area (Å²) in [6.07, 6.45) is 0. The molecule has 0 aliphatic carbocycles. The van der Waals surface area contributed by atoms with Crippen LogP contribution in [0.3, 0.4) is 0 Å². The van der Waals surface area contributed by atoms with Gasteiger partial charge in [0.15, 0.2) is 0 Å². The molecule has 3 N–H and O–H groups in total. The van der Waals surface area contributed by atoms with Gasteiger partial charge in [0.25, 0.3) is 11.6 Å². The van der Waals surface area contributed by atoms with Gasteiger partial charge in [-0.1, -0.05) is 6.07 Å². The fraction of sp³-hybridized carbons (Fsp3) is 0.400. The van der Waals surface area contributed by atoms with Crippen LogP contribution in [0, 0.1) is 17.0 Å². The number of nitrogens with one attached hydrogen (secondary N) is 1. The number of nitro groups is 1. The van der Waals surface area contributed by atoms with E-state index in [0.717, 1.165) is 12.1 Å². The molecule has 7 nitrogen and oxygen atoms in total. The molecule has 0 aromatic heterocycles. The molecule has 0 saturated heterocycles. The number of halogens is 3. The molecule has 120 valence electrons. The van der Waals surface area contributed by atoms with E-state index in [1.54, 1.807) is 4.72 Å². The number of sulfonamides is 1. The zero-order chi connectivity index (χ0) is 15.6. The Balaban J connectivity index is 0.00000400. The molecule has 11 heteroatoms. The number of benzene rings is 1. The average molecular weight is 346 g/mol. The van der Waals surface area contributed by atoms with Crippen molar-refractivity contribution < 1.29 is 22.1 Å². The first kappa shape index (κ1) is 19.6. The van der Waals surface area contributed by atoms with Crippen molar-refractivity contribution in [3.63, 3.8) is 0 Å². The second-order valence-electron chi connectivity index (χ2n) is 4.09. The molecule has 0 radical (unpaired) electrons. The summed E-state index contributed by atoms with van der Waals surface area (Å²) < 4.78 is 51.4. The minimum absolute atomic E-state index is 0. The highest BCUT2D eigenvalue weighted by Crippen LogP contribution is 2.22. The molecule has 0 bridgehead atoms. The van der Waals surface area contributed by atoms with Crippen LogP contribution in [0.4, 0.5) is 14.5 Å². The molecular weight excluding hydrogens is 332 g/mol. The van der Waals surface area contributed by atoms with E-state index in [4.69, 9.17) is 5.73 Å². The van der Waals surface area contributed by atoms with E-state index in [0.29, 0.717) is 0 Å². The van der Waals surface area contributed by atoms with Gasteiger partial charge in [-0.05, 0) is 12.5 Å². The molecule has 0 saturated carbocycles. The number of hydrogen-bond acceptors (Lipinski definition) is 5. The van der Waals surface area contributed by atoms with Gasteiger partial charge in [0.2, 0.25) is 10.0 Å². The zero-order valence-electron chi connectivity index (χ0n) is 10.9. The maximum atomic E-state index is 12.9. The van der Waals surface area contributed by atoms with E-state index in [2.05, 4.69) is 0 Å². The molecule has 1 aromatic rings. The molecular formula is C10H14ClF2N3O4S. The molecule has 0 heterocycles. The van der Waals surface area contributed by atoms with Crippen LogP contribution in [0.2, 0.25) is 0 Å². The third-order valence-electron chi connectivity index (χ3n) is 2.49. The lowest BCUT2D eigenvalue weighted by atomic mass is 10.2. The number of nitrogens with two attached hydrogens (primary N) is 1. The lowest BCUT2D eigenvalue weighted by Crippen LogP contribution is -2.41. The summed E-state index contributed by atoms with van der Waals surface area (Å²) >= 11 is 0. The third kappa shape index (κ3) is 5.16. The fourth-order valence-electron chi connectivity index (χ4n) is 1.34. The number of nitro benzene ring substituents is 1. The van der Waals surface area contributed by atoms with Gasteiger partial charge in [0, 0.05) is 12.1 Å². The number of alkyl halides is 2. The fourth-order valence-corrected chi connectivity index (χ4v) is 2.67. The second-order valence-corrected chi connectivity index (χ2v) is 5.83. The molecule has 1 aromatic carbocycles. The summed E-state index contributed by atoms with van der Waals surface area (Å²) in [5.41, 5.74) is 4.56. The molecule has 0 aliphatic heterocycles. The predicted molar refractivity (Wildman–Crippen MR) is 74.3 cm³/mol. The van der Waals surface area contributed by atoms with Crippen LogP contribution in [-0.4, -0.2) is 32.4 Å². The first-order valence-electron chi connectivity index (χ1n) is 5.42. The molecule has 1 rings (SSSR count). The van der Waals surface area contributed by atoms with Crippen molar-refractivity contribution in [3.8, 4) is 0 Å². The standard InChI is InChI=1S/C10H13F2N3O4S.ClH/c1-7-2-3-8(15(16)17)4-9(7)20(18,19)14-6-10(11,12)5-13;/h2-4,14H,5-6,13H2,1H3;1H. The summed E-state index contributed by atoms with van der Waals surface area (Å²) in [4.78, 5) is 9.42. The summed E-state index contributed by atoms with van der Waals surface area (Å²) in [6.45, 7) is -0.781. The summed E-state index contributed by atoms with van der Waals surface area (Å²) in [5, 5.41) is 10.6. The largest absolute Gasteiger partial charge is 0.325 e. The SMILES string of the molecule is Cc1ccc([N+](=O)[O-])cc1S(=O)(=O)NCC(F)(F)CN.Cl. The number of nitrogens with zero attached hydrogens (tertiary/aromatic N) is 1. The Bertz CT molecular complexity index is 625.